The van der Waals surface area contributed by atoms with Gasteiger partial charge in [-0.3, -0.25) is 0 Å². The molecule has 0 aliphatic heterocycles. The van der Waals surface area contributed by atoms with Gasteiger partial charge in [0, 0.05) is 18.0 Å². The van der Waals surface area contributed by atoms with E-state index in [4.69, 9.17) is 0 Å². The van der Waals surface area contributed by atoms with E-state index in [1.807, 2.05) is 25.5 Å². The van der Waals surface area contributed by atoms with Crippen LogP contribution < -0.4 is 0 Å². The summed E-state index contributed by atoms with van der Waals surface area (Å²) in [4.78, 5) is 4.28. The van der Waals surface area contributed by atoms with Gasteiger partial charge in [-0.05, 0) is 60.4 Å². The third-order valence-corrected chi connectivity index (χ3v) is 5.54. The van der Waals surface area contributed by atoms with Crippen molar-refractivity contribution >= 4 is 5.57 Å². The van der Waals surface area contributed by atoms with E-state index >= 15 is 0 Å². The summed E-state index contributed by atoms with van der Waals surface area (Å²) in [5.74, 6) is 1.70. The highest BCUT2D eigenvalue weighted by Crippen LogP contribution is 2.45. The molecular weight excluding hydrogens is 308 g/mol. The van der Waals surface area contributed by atoms with Crippen LogP contribution in [0.1, 0.15) is 52.5 Å². The van der Waals surface area contributed by atoms with Crippen molar-refractivity contribution < 1.29 is 0 Å². The molecule has 0 N–H and O–H groups in total. The van der Waals surface area contributed by atoms with Gasteiger partial charge in [-0.15, -0.1) is 0 Å². The van der Waals surface area contributed by atoms with Gasteiger partial charge in [0.2, 0.25) is 0 Å². The summed E-state index contributed by atoms with van der Waals surface area (Å²) in [5.41, 5.74) is 7.95. The Hall–Kier alpha value is -2.75. The predicted octanol–water partition coefficient (Wildman–Crippen LogP) is 3.90. The average molecular weight is 328 g/mol. The summed E-state index contributed by atoms with van der Waals surface area (Å²) in [6.45, 7) is 2.71. The molecule has 0 spiro atoms. The zero-order valence-electron chi connectivity index (χ0n) is 14.3. The van der Waals surface area contributed by atoms with Crippen molar-refractivity contribution in [3.05, 3.63) is 82.7 Å². The van der Waals surface area contributed by atoms with Crippen molar-refractivity contribution in [2.75, 3.05) is 0 Å². The van der Waals surface area contributed by atoms with Gasteiger partial charge in [-0.1, -0.05) is 24.3 Å². The number of imidazole rings is 1. The number of hydrogen-bond acceptors (Lipinski definition) is 3. The molecule has 3 aromatic rings. The van der Waals surface area contributed by atoms with E-state index in [1.54, 1.807) is 5.56 Å². The molecule has 1 atom stereocenters. The van der Waals surface area contributed by atoms with Crippen molar-refractivity contribution in [1.82, 2.24) is 19.7 Å². The average Bonchev–Trinajstić information content (AvgIpc) is 3.24. The molecule has 124 valence electrons. The minimum absolute atomic E-state index is 0.704. The quantitative estimate of drug-likeness (QED) is 0.732. The maximum atomic E-state index is 4.33. The molecular formula is C21H20N4. The standard InChI is InChI=1S/C21H20N4/c1-14-22-9-10-25(14)13-18-11-17(12-23-24-18)19-8-7-16-6-5-15-3-2-4-20(19)21(15)16/h2-4,8-12,16H,5-7,13H2,1H3. The molecule has 2 aromatic heterocycles. The van der Waals surface area contributed by atoms with Crippen LogP contribution >= 0.6 is 0 Å². The predicted molar refractivity (Wildman–Crippen MR) is 97.3 cm³/mol. The monoisotopic (exact) mass is 328 g/mol. The zero-order chi connectivity index (χ0) is 16.8. The molecule has 0 amide bonds. The first-order chi connectivity index (χ1) is 12.3. The Morgan fingerprint density at radius 2 is 2.24 bits per heavy atom. The van der Waals surface area contributed by atoms with Crippen LogP contribution in [-0.4, -0.2) is 19.7 Å². The largest absolute Gasteiger partial charge is 0.329 e. The molecule has 0 saturated heterocycles. The number of allylic oxidation sites excluding steroid dienone is 1. The van der Waals surface area contributed by atoms with Crippen LogP contribution in [0.25, 0.3) is 5.57 Å². The van der Waals surface area contributed by atoms with E-state index in [9.17, 15) is 0 Å². The Balaban J connectivity index is 1.54. The molecule has 5 rings (SSSR count). The lowest BCUT2D eigenvalue weighted by atomic mass is 9.82. The minimum atomic E-state index is 0.704. The molecule has 0 bridgehead atoms. The molecule has 2 heterocycles. The summed E-state index contributed by atoms with van der Waals surface area (Å²) in [6.07, 6.45) is 11.7. The van der Waals surface area contributed by atoms with Crippen LogP contribution in [0.15, 0.2) is 48.9 Å². The summed E-state index contributed by atoms with van der Waals surface area (Å²) < 4.78 is 2.10. The van der Waals surface area contributed by atoms with Gasteiger partial charge in [0.15, 0.2) is 0 Å². The van der Waals surface area contributed by atoms with Gasteiger partial charge >= 0.3 is 0 Å². The fraction of sp³-hybridized carbons (Fsp3) is 0.286. The first-order valence-corrected chi connectivity index (χ1v) is 8.91. The molecule has 0 radical (unpaired) electrons. The molecule has 0 saturated carbocycles. The Bertz CT molecular complexity index is 983. The highest BCUT2D eigenvalue weighted by molar-refractivity contribution is 5.83. The van der Waals surface area contributed by atoms with E-state index in [1.165, 1.54) is 35.1 Å². The molecule has 4 nitrogen and oxygen atoms in total. The van der Waals surface area contributed by atoms with Gasteiger partial charge < -0.3 is 4.57 Å². The maximum absolute atomic E-state index is 4.33. The Morgan fingerprint density at radius 3 is 3.12 bits per heavy atom. The van der Waals surface area contributed by atoms with E-state index in [0.717, 1.165) is 17.9 Å². The number of aromatic nitrogens is 4. The SMILES string of the molecule is Cc1nccn1Cc1cc(C2=CCC3CCc4cccc2c43)cnn1. The lowest BCUT2D eigenvalue weighted by molar-refractivity contribution is 0.682. The number of nitrogens with zero attached hydrogens (tertiary/aromatic N) is 4. The molecule has 4 heteroatoms. The molecule has 2 aliphatic carbocycles. The lowest BCUT2D eigenvalue weighted by Gasteiger charge is -2.23. The highest BCUT2D eigenvalue weighted by atomic mass is 15.1. The second kappa shape index (κ2) is 5.66. The molecule has 1 unspecified atom stereocenters. The fourth-order valence-corrected chi connectivity index (χ4v) is 4.28. The van der Waals surface area contributed by atoms with Crippen LogP contribution in [-0.2, 0) is 13.0 Å². The number of rotatable bonds is 3. The molecule has 25 heavy (non-hydrogen) atoms. The second-order valence-corrected chi connectivity index (χ2v) is 7.01. The Kier molecular flexibility index (Phi) is 3.30. The summed E-state index contributed by atoms with van der Waals surface area (Å²) in [7, 11) is 0. The van der Waals surface area contributed by atoms with Gasteiger partial charge in [0.25, 0.3) is 0 Å². The maximum Gasteiger partial charge on any atom is 0.105 e. The topological polar surface area (TPSA) is 43.6 Å². The highest BCUT2D eigenvalue weighted by Gasteiger charge is 2.29. The van der Waals surface area contributed by atoms with E-state index in [2.05, 4.69) is 50.1 Å². The van der Waals surface area contributed by atoms with Crippen molar-refractivity contribution in [2.24, 2.45) is 0 Å². The first kappa shape index (κ1) is 14.6. The third kappa shape index (κ3) is 2.40. The van der Waals surface area contributed by atoms with E-state index in [-0.39, 0.29) is 0 Å². The van der Waals surface area contributed by atoms with Crippen LogP contribution in [0, 0.1) is 6.92 Å². The second-order valence-electron chi connectivity index (χ2n) is 7.01. The third-order valence-electron chi connectivity index (χ3n) is 5.54. The lowest BCUT2D eigenvalue weighted by Crippen LogP contribution is -2.07. The van der Waals surface area contributed by atoms with Crippen molar-refractivity contribution in [3.63, 3.8) is 0 Å². The number of aryl methyl sites for hydroxylation is 2. The Morgan fingerprint density at radius 1 is 1.28 bits per heavy atom. The van der Waals surface area contributed by atoms with Crippen LogP contribution in [0.5, 0.6) is 0 Å². The fourth-order valence-electron chi connectivity index (χ4n) is 4.28. The van der Waals surface area contributed by atoms with E-state index in [0.29, 0.717) is 12.5 Å². The molecule has 1 aromatic carbocycles. The van der Waals surface area contributed by atoms with Crippen molar-refractivity contribution in [1.29, 1.82) is 0 Å². The van der Waals surface area contributed by atoms with E-state index < -0.39 is 0 Å². The Labute approximate surface area is 147 Å². The van der Waals surface area contributed by atoms with Crippen LogP contribution in [0.2, 0.25) is 0 Å². The van der Waals surface area contributed by atoms with Gasteiger partial charge in [-0.25, -0.2) is 4.98 Å². The molecule has 0 fully saturated rings. The van der Waals surface area contributed by atoms with Gasteiger partial charge in [0.1, 0.15) is 5.82 Å². The normalized spacial score (nSPS) is 18.1. The first-order valence-electron chi connectivity index (χ1n) is 8.91. The minimum Gasteiger partial charge on any atom is -0.329 e. The van der Waals surface area contributed by atoms with Crippen molar-refractivity contribution in [2.45, 2.75) is 38.6 Å². The van der Waals surface area contributed by atoms with Crippen LogP contribution in [0.4, 0.5) is 0 Å². The number of benzene rings is 1. The van der Waals surface area contributed by atoms with Gasteiger partial charge in [0.05, 0.1) is 18.4 Å². The van der Waals surface area contributed by atoms with Crippen LogP contribution in [0.3, 0.4) is 0 Å². The number of hydrogen-bond donors (Lipinski definition) is 0. The summed E-state index contributed by atoms with van der Waals surface area (Å²) in [6, 6.07) is 8.93. The summed E-state index contributed by atoms with van der Waals surface area (Å²) >= 11 is 0. The summed E-state index contributed by atoms with van der Waals surface area (Å²) in [5, 5.41) is 8.60. The van der Waals surface area contributed by atoms with Gasteiger partial charge in [-0.2, -0.15) is 10.2 Å². The molecule has 2 aliphatic rings. The smallest absolute Gasteiger partial charge is 0.105 e. The zero-order valence-corrected chi connectivity index (χ0v) is 14.3. The van der Waals surface area contributed by atoms with Crippen molar-refractivity contribution in [3.8, 4) is 0 Å².